The highest BCUT2D eigenvalue weighted by molar-refractivity contribution is 7.10. The average Bonchev–Trinajstić information content (AvgIpc) is 2.68. The van der Waals surface area contributed by atoms with Gasteiger partial charge in [0.05, 0.1) is 7.11 Å². The normalized spacial score (nSPS) is 14.4. The van der Waals surface area contributed by atoms with Gasteiger partial charge in [0.15, 0.2) is 5.41 Å². The molecule has 1 unspecified atom stereocenters. The third-order valence-electron chi connectivity index (χ3n) is 2.04. The Morgan fingerprint density at radius 3 is 2.57 bits per heavy atom. The second-order valence-electron chi connectivity index (χ2n) is 2.90. The molecule has 0 aliphatic carbocycles. The van der Waals surface area contributed by atoms with Gasteiger partial charge in [0.1, 0.15) is 0 Å². The van der Waals surface area contributed by atoms with E-state index in [2.05, 4.69) is 4.74 Å². The molecular weight excluding hydrogens is 204 g/mol. The van der Waals surface area contributed by atoms with Gasteiger partial charge in [-0.2, -0.15) is 0 Å². The number of carboxylic acids is 1. The van der Waals surface area contributed by atoms with Crippen LogP contribution in [-0.4, -0.2) is 24.2 Å². The van der Waals surface area contributed by atoms with Crippen LogP contribution in [0.15, 0.2) is 17.5 Å². The molecule has 1 N–H and O–H groups in total. The van der Waals surface area contributed by atoms with Crippen LogP contribution in [0, 0.1) is 0 Å². The van der Waals surface area contributed by atoms with E-state index in [0.29, 0.717) is 4.88 Å². The van der Waals surface area contributed by atoms with Crippen molar-refractivity contribution in [1.29, 1.82) is 0 Å². The number of methoxy groups -OCH3 is 1. The van der Waals surface area contributed by atoms with Gasteiger partial charge >= 0.3 is 11.9 Å². The molecule has 0 amide bonds. The quantitative estimate of drug-likeness (QED) is 0.607. The highest BCUT2D eigenvalue weighted by atomic mass is 32.1. The summed E-state index contributed by atoms with van der Waals surface area (Å²) in [5.41, 5.74) is -1.59. The molecule has 1 atom stereocenters. The Labute approximate surface area is 85.1 Å². The number of aliphatic carboxylic acids is 1. The summed E-state index contributed by atoms with van der Waals surface area (Å²) < 4.78 is 4.49. The molecule has 0 aliphatic rings. The lowest BCUT2D eigenvalue weighted by Gasteiger charge is -2.19. The van der Waals surface area contributed by atoms with Crippen molar-refractivity contribution >= 4 is 23.3 Å². The van der Waals surface area contributed by atoms with Crippen LogP contribution in [0.1, 0.15) is 11.8 Å². The van der Waals surface area contributed by atoms with Crippen molar-refractivity contribution in [1.82, 2.24) is 0 Å². The molecule has 14 heavy (non-hydrogen) atoms. The van der Waals surface area contributed by atoms with Crippen molar-refractivity contribution in [2.45, 2.75) is 12.3 Å². The number of hydrogen-bond acceptors (Lipinski definition) is 4. The highest BCUT2D eigenvalue weighted by Crippen LogP contribution is 2.29. The summed E-state index contributed by atoms with van der Waals surface area (Å²) in [7, 11) is 1.18. The Hall–Kier alpha value is -1.36. The topological polar surface area (TPSA) is 63.6 Å². The molecule has 0 spiro atoms. The maximum atomic E-state index is 11.4. The van der Waals surface area contributed by atoms with E-state index in [1.165, 1.54) is 25.4 Å². The molecule has 0 saturated heterocycles. The molecule has 0 saturated carbocycles. The van der Waals surface area contributed by atoms with E-state index < -0.39 is 17.4 Å². The Morgan fingerprint density at radius 1 is 1.57 bits per heavy atom. The van der Waals surface area contributed by atoms with E-state index in [-0.39, 0.29) is 0 Å². The van der Waals surface area contributed by atoms with E-state index in [1.54, 1.807) is 17.5 Å². The number of rotatable bonds is 3. The van der Waals surface area contributed by atoms with E-state index in [9.17, 15) is 9.59 Å². The van der Waals surface area contributed by atoms with Gasteiger partial charge < -0.3 is 9.84 Å². The van der Waals surface area contributed by atoms with Gasteiger partial charge in [-0.3, -0.25) is 9.59 Å². The standard InChI is InChI=1S/C9H10O4S/c1-9(7(10)11,8(12)13-2)6-4-3-5-14-6/h3-5H,1-2H3,(H,10,11). The van der Waals surface area contributed by atoms with Crippen LogP contribution in [0.4, 0.5) is 0 Å². The number of thiophene rings is 1. The van der Waals surface area contributed by atoms with Crippen molar-refractivity contribution in [3.05, 3.63) is 22.4 Å². The lowest BCUT2D eigenvalue weighted by Crippen LogP contribution is -2.41. The predicted molar refractivity (Wildman–Crippen MR) is 51.3 cm³/mol. The first-order valence-corrected chi connectivity index (χ1v) is 4.77. The van der Waals surface area contributed by atoms with E-state index in [1.807, 2.05) is 0 Å². The van der Waals surface area contributed by atoms with Crippen LogP contribution in [-0.2, 0) is 19.7 Å². The summed E-state index contributed by atoms with van der Waals surface area (Å²) >= 11 is 1.22. The summed E-state index contributed by atoms with van der Waals surface area (Å²) in [5, 5.41) is 10.7. The van der Waals surface area contributed by atoms with Crippen molar-refractivity contribution in [2.24, 2.45) is 0 Å². The second kappa shape index (κ2) is 3.79. The van der Waals surface area contributed by atoms with E-state index >= 15 is 0 Å². The Balaban J connectivity index is 3.19. The van der Waals surface area contributed by atoms with Gasteiger partial charge in [-0.05, 0) is 18.4 Å². The monoisotopic (exact) mass is 214 g/mol. The molecule has 1 aromatic rings. The fraction of sp³-hybridized carbons (Fsp3) is 0.333. The smallest absolute Gasteiger partial charge is 0.328 e. The summed E-state index contributed by atoms with van der Waals surface area (Å²) in [6.07, 6.45) is 0. The molecule has 5 heteroatoms. The minimum Gasteiger partial charge on any atom is -0.480 e. The van der Waals surface area contributed by atoms with Gasteiger partial charge in [0, 0.05) is 4.88 Å². The predicted octanol–water partition coefficient (Wildman–Crippen LogP) is 1.26. The molecule has 0 radical (unpaired) electrons. The Kier molecular flexibility index (Phi) is 2.90. The van der Waals surface area contributed by atoms with Crippen LogP contribution in [0.2, 0.25) is 0 Å². The van der Waals surface area contributed by atoms with Crippen molar-refractivity contribution in [3.63, 3.8) is 0 Å². The van der Waals surface area contributed by atoms with Gasteiger partial charge in [0.2, 0.25) is 0 Å². The van der Waals surface area contributed by atoms with Gasteiger partial charge in [-0.25, -0.2) is 0 Å². The molecule has 1 aromatic heterocycles. The SMILES string of the molecule is COC(=O)C(C)(C(=O)O)c1cccs1. The minimum absolute atomic E-state index is 0.469. The van der Waals surface area contributed by atoms with E-state index in [0.717, 1.165) is 0 Å². The second-order valence-corrected chi connectivity index (χ2v) is 3.85. The molecule has 0 fully saturated rings. The fourth-order valence-corrected chi connectivity index (χ4v) is 1.93. The molecule has 0 aliphatic heterocycles. The minimum atomic E-state index is -1.59. The van der Waals surface area contributed by atoms with Crippen LogP contribution < -0.4 is 0 Å². The number of carboxylic acid groups (broad SMARTS) is 1. The van der Waals surface area contributed by atoms with Crippen LogP contribution >= 0.6 is 11.3 Å². The summed E-state index contributed by atoms with van der Waals surface area (Å²) in [4.78, 5) is 22.9. The number of carbonyl (C=O) groups is 2. The fourth-order valence-electron chi connectivity index (χ4n) is 1.06. The lowest BCUT2D eigenvalue weighted by atomic mass is 9.89. The van der Waals surface area contributed by atoms with Crippen molar-refractivity contribution in [2.75, 3.05) is 7.11 Å². The average molecular weight is 214 g/mol. The highest BCUT2D eigenvalue weighted by Gasteiger charge is 2.45. The molecular formula is C9H10O4S. The molecule has 76 valence electrons. The summed E-state index contributed by atoms with van der Waals surface area (Å²) in [6, 6.07) is 3.31. The first-order valence-electron chi connectivity index (χ1n) is 3.89. The van der Waals surface area contributed by atoms with Crippen LogP contribution in [0.3, 0.4) is 0 Å². The summed E-state index contributed by atoms with van der Waals surface area (Å²) in [6.45, 7) is 1.34. The zero-order valence-electron chi connectivity index (χ0n) is 7.81. The number of ether oxygens (including phenoxy) is 1. The van der Waals surface area contributed by atoms with Crippen molar-refractivity contribution < 1.29 is 19.4 Å². The van der Waals surface area contributed by atoms with E-state index in [4.69, 9.17) is 5.11 Å². The number of esters is 1. The first kappa shape index (κ1) is 10.7. The number of carbonyl (C=O) groups excluding carboxylic acids is 1. The molecule has 1 rings (SSSR count). The maximum absolute atomic E-state index is 11.4. The lowest BCUT2D eigenvalue weighted by molar-refractivity contribution is -0.158. The molecule has 0 aromatic carbocycles. The number of hydrogen-bond donors (Lipinski definition) is 1. The zero-order chi connectivity index (χ0) is 10.8. The van der Waals surface area contributed by atoms with Crippen LogP contribution in [0.5, 0.6) is 0 Å². The largest absolute Gasteiger partial charge is 0.480 e. The third-order valence-corrected chi connectivity index (χ3v) is 3.13. The summed E-state index contributed by atoms with van der Waals surface area (Å²) in [5.74, 6) is -1.96. The Morgan fingerprint density at radius 2 is 2.21 bits per heavy atom. The van der Waals surface area contributed by atoms with Gasteiger partial charge in [-0.1, -0.05) is 6.07 Å². The maximum Gasteiger partial charge on any atom is 0.328 e. The van der Waals surface area contributed by atoms with Crippen molar-refractivity contribution in [3.8, 4) is 0 Å². The first-order chi connectivity index (χ1) is 6.53. The molecule has 1 heterocycles. The molecule has 0 bridgehead atoms. The van der Waals surface area contributed by atoms with Gasteiger partial charge in [-0.15, -0.1) is 11.3 Å². The Bertz CT molecular complexity index is 344. The van der Waals surface area contributed by atoms with Gasteiger partial charge in [0.25, 0.3) is 0 Å². The zero-order valence-corrected chi connectivity index (χ0v) is 8.63. The van der Waals surface area contributed by atoms with Crippen LogP contribution in [0.25, 0.3) is 0 Å². The third kappa shape index (κ3) is 1.50. The molecule has 4 nitrogen and oxygen atoms in total.